The van der Waals surface area contributed by atoms with Gasteiger partial charge < -0.3 is 4.90 Å². The number of sulfonamides is 1. The van der Waals surface area contributed by atoms with Crippen molar-refractivity contribution in [2.24, 2.45) is 5.92 Å². The van der Waals surface area contributed by atoms with Gasteiger partial charge in [0.05, 0.1) is 11.0 Å². The molecule has 1 aliphatic rings. The lowest BCUT2D eigenvalue weighted by Gasteiger charge is -2.33. The van der Waals surface area contributed by atoms with E-state index in [4.69, 9.17) is 0 Å². The Bertz CT molecular complexity index is 1060. The van der Waals surface area contributed by atoms with Crippen LogP contribution in [-0.2, 0) is 21.4 Å². The number of hydrogen-bond donors (Lipinski definition) is 0. The van der Waals surface area contributed by atoms with Gasteiger partial charge in [0.1, 0.15) is 6.54 Å². The molecule has 164 valence electrons. The summed E-state index contributed by atoms with van der Waals surface area (Å²) in [5, 5.41) is 9.18. The molecule has 0 atom stereocenters. The maximum Gasteiger partial charge on any atom is 0.243 e. The Morgan fingerprint density at radius 1 is 1.10 bits per heavy atom. The van der Waals surface area contributed by atoms with E-state index in [-0.39, 0.29) is 18.4 Å². The molecule has 1 fully saturated rings. The lowest BCUT2D eigenvalue weighted by molar-refractivity contribution is -0.136. The van der Waals surface area contributed by atoms with Crippen molar-refractivity contribution in [3.8, 4) is 6.07 Å². The molecule has 0 bridgehead atoms. The molecule has 31 heavy (non-hydrogen) atoms. The number of nitriles is 1. The third-order valence-electron chi connectivity index (χ3n) is 5.80. The van der Waals surface area contributed by atoms with Crippen LogP contribution in [-0.4, -0.2) is 43.2 Å². The molecule has 1 saturated heterocycles. The molecule has 0 spiro atoms. The van der Waals surface area contributed by atoms with Gasteiger partial charge in [-0.15, -0.1) is 0 Å². The van der Waals surface area contributed by atoms with Crippen LogP contribution in [0.15, 0.2) is 47.4 Å². The standard InChI is InChI=1S/C24H29N3O3S/c1-18-15-19(2)23(20(3)16-18)31(29,30)27-12-9-22(10-13-27)24(28)26(14-11-25)17-21-7-5-4-6-8-21/h4-8,15-16,22H,9-10,12-14,17H2,1-3H3. The summed E-state index contributed by atoms with van der Waals surface area (Å²) in [5.74, 6) is -0.353. The normalized spacial score (nSPS) is 15.4. The summed E-state index contributed by atoms with van der Waals surface area (Å²) in [7, 11) is -3.61. The highest BCUT2D eigenvalue weighted by Crippen LogP contribution is 2.29. The summed E-state index contributed by atoms with van der Waals surface area (Å²) in [6, 6.07) is 15.4. The van der Waals surface area contributed by atoms with Crippen molar-refractivity contribution < 1.29 is 13.2 Å². The second-order valence-corrected chi connectivity index (χ2v) is 10.1. The van der Waals surface area contributed by atoms with Gasteiger partial charge in [0, 0.05) is 25.6 Å². The van der Waals surface area contributed by atoms with Gasteiger partial charge in [0.2, 0.25) is 15.9 Å². The molecular weight excluding hydrogens is 410 g/mol. The van der Waals surface area contributed by atoms with Gasteiger partial charge in [-0.3, -0.25) is 4.79 Å². The van der Waals surface area contributed by atoms with Crippen LogP contribution < -0.4 is 0 Å². The molecule has 1 amide bonds. The second-order valence-electron chi connectivity index (χ2n) is 8.24. The highest BCUT2D eigenvalue weighted by Gasteiger charge is 2.35. The maximum absolute atomic E-state index is 13.3. The van der Waals surface area contributed by atoms with Crippen LogP contribution in [0.25, 0.3) is 0 Å². The fourth-order valence-electron chi connectivity index (χ4n) is 4.40. The summed E-state index contributed by atoms with van der Waals surface area (Å²) in [6.07, 6.45) is 0.914. The van der Waals surface area contributed by atoms with Crippen molar-refractivity contribution >= 4 is 15.9 Å². The van der Waals surface area contributed by atoms with Crippen LogP contribution in [0.4, 0.5) is 0 Å². The number of carbonyl (C=O) groups excluding carboxylic acids is 1. The van der Waals surface area contributed by atoms with Gasteiger partial charge in [-0.25, -0.2) is 8.42 Å². The smallest absolute Gasteiger partial charge is 0.243 e. The van der Waals surface area contributed by atoms with Crippen LogP contribution in [0.1, 0.15) is 35.1 Å². The molecule has 0 radical (unpaired) electrons. The zero-order valence-corrected chi connectivity index (χ0v) is 19.2. The van der Waals surface area contributed by atoms with Crippen LogP contribution in [0.2, 0.25) is 0 Å². The summed E-state index contributed by atoms with van der Waals surface area (Å²) in [5.41, 5.74) is 3.50. The van der Waals surface area contributed by atoms with Crippen LogP contribution in [0.3, 0.4) is 0 Å². The number of rotatable bonds is 6. The number of aryl methyl sites for hydroxylation is 3. The lowest BCUT2D eigenvalue weighted by atomic mass is 9.96. The second kappa shape index (κ2) is 9.63. The molecule has 0 unspecified atom stereocenters. The van der Waals surface area contributed by atoms with Gasteiger partial charge in [-0.05, 0) is 50.3 Å². The number of benzene rings is 2. The molecule has 1 aliphatic heterocycles. The monoisotopic (exact) mass is 439 g/mol. The van der Waals surface area contributed by atoms with E-state index in [1.165, 1.54) is 4.31 Å². The first kappa shape index (κ1) is 23.0. The Labute approximate surface area is 185 Å². The van der Waals surface area contributed by atoms with E-state index >= 15 is 0 Å². The van der Waals surface area contributed by atoms with Crippen LogP contribution in [0, 0.1) is 38.0 Å². The molecule has 6 nitrogen and oxygen atoms in total. The molecule has 2 aromatic carbocycles. The van der Waals surface area contributed by atoms with Crippen molar-refractivity contribution in [1.82, 2.24) is 9.21 Å². The van der Waals surface area contributed by atoms with E-state index < -0.39 is 10.0 Å². The van der Waals surface area contributed by atoms with Crippen molar-refractivity contribution in [3.05, 3.63) is 64.7 Å². The Morgan fingerprint density at radius 2 is 1.68 bits per heavy atom. The van der Waals surface area contributed by atoms with Gasteiger partial charge in [-0.1, -0.05) is 48.0 Å². The van der Waals surface area contributed by atoms with E-state index in [2.05, 4.69) is 6.07 Å². The first-order valence-electron chi connectivity index (χ1n) is 10.5. The van der Waals surface area contributed by atoms with E-state index in [0.29, 0.717) is 37.4 Å². The lowest BCUT2D eigenvalue weighted by Crippen LogP contribution is -2.44. The Morgan fingerprint density at radius 3 is 2.23 bits per heavy atom. The van der Waals surface area contributed by atoms with Crippen molar-refractivity contribution in [1.29, 1.82) is 5.26 Å². The minimum Gasteiger partial charge on any atom is -0.325 e. The van der Waals surface area contributed by atoms with Gasteiger partial charge in [0.15, 0.2) is 0 Å². The molecule has 0 saturated carbocycles. The minimum atomic E-state index is -3.61. The van der Waals surface area contributed by atoms with E-state index in [1.807, 2.05) is 63.2 Å². The van der Waals surface area contributed by atoms with E-state index in [9.17, 15) is 18.5 Å². The highest BCUT2D eigenvalue weighted by molar-refractivity contribution is 7.89. The van der Waals surface area contributed by atoms with Crippen LogP contribution in [0.5, 0.6) is 0 Å². The SMILES string of the molecule is Cc1cc(C)c(S(=O)(=O)N2CCC(C(=O)N(CC#N)Cc3ccccc3)CC2)c(C)c1. The number of piperidine rings is 1. The Kier molecular flexibility index (Phi) is 7.14. The van der Waals surface area contributed by atoms with E-state index in [1.54, 1.807) is 4.90 Å². The van der Waals surface area contributed by atoms with Gasteiger partial charge in [0.25, 0.3) is 0 Å². The topological polar surface area (TPSA) is 81.5 Å². The molecule has 0 aromatic heterocycles. The highest BCUT2D eigenvalue weighted by atomic mass is 32.2. The number of amides is 1. The van der Waals surface area contributed by atoms with Gasteiger partial charge in [-0.2, -0.15) is 9.57 Å². The third kappa shape index (κ3) is 5.15. The Balaban J connectivity index is 1.71. The fourth-order valence-corrected chi connectivity index (χ4v) is 6.29. The quantitative estimate of drug-likeness (QED) is 0.645. The minimum absolute atomic E-state index is 0.0218. The maximum atomic E-state index is 13.3. The molecule has 7 heteroatoms. The fraction of sp³-hybridized carbons (Fsp3) is 0.417. The number of hydrogen-bond acceptors (Lipinski definition) is 4. The molecule has 2 aromatic rings. The molecule has 0 N–H and O–H groups in total. The predicted octanol–water partition coefficient (Wildman–Crippen LogP) is 3.56. The molecule has 3 rings (SSSR count). The summed E-state index contributed by atoms with van der Waals surface area (Å²) in [6.45, 7) is 6.62. The Hall–Kier alpha value is -2.69. The zero-order valence-electron chi connectivity index (χ0n) is 18.3. The first-order valence-corrected chi connectivity index (χ1v) is 12.0. The van der Waals surface area contributed by atoms with Crippen molar-refractivity contribution in [2.45, 2.75) is 45.1 Å². The largest absolute Gasteiger partial charge is 0.325 e. The average molecular weight is 440 g/mol. The number of nitrogens with zero attached hydrogens (tertiary/aromatic N) is 3. The summed E-state index contributed by atoms with van der Waals surface area (Å²) >= 11 is 0. The third-order valence-corrected chi connectivity index (χ3v) is 8.00. The van der Waals surface area contributed by atoms with Crippen molar-refractivity contribution in [3.63, 3.8) is 0 Å². The summed E-state index contributed by atoms with van der Waals surface area (Å²) < 4.78 is 28.1. The first-order chi connectivity index (χ1) is 14.7. The average Bonchev–Trinajstić information content (AvgIpc) is 2.73. The van der Waals surface area contributed by atoms with Crippen LogP contribution >= 0.6 is 0 Å². The van der Waals surface area contributed by atoms with Crippen molar-refractivity contribution in [2.75, 3.05) is 19.6 Å². The summed E-state index contributed by atoms with van der Waals surface area (Å²) in [4.78, 5) is 15.0. The molecular formula is C24H29N3O3S. The van der Waals surface area contributed by atoms with Gasteiger partial charge >= 0.3 is 0 Å². The molecule has 1 heterocycles. The zero-order chi connectivity index (χ0) is 22.6. The molecule has 0 aliphatic carbocycles. The predicted molar refractivity (Wildman–Crippen MR) is 120 cm³/mol. The van der Waals surface area contributed by atoms with E-state index in [0.717, 1.165) is 22.3 Å². The number of carbonyl (C=O) groups is 1.